The van der Waals surface area contributed by atoms with Crippen molar-refractivity contribution < 1.29 is 9.59 Å². The Morgan fingerprint density at radius 2 is 2.10 bits per heavy atom. The second-order valence-corrected chi connectivity index (χ2v) is 5.09. The number of amides is 2. The monoisotopic (exact) mass is 275 g/mol. The Labute approximate surface area is 119 Å². The van der Waals surface area contributed by atoms with Crippen LogP contribution in [0.1, 0.15) is 18.9 Å². The molecule has 0 bridgehead atoms. The molecule has 1 aromatic rings. The summed E-state index contributed by atoms with van der Waals surface area (Å²) in [4.78, 5) is 25.7. The summed E-state index contributed by atoms with van der Waals surface area (Å²) < 4.78 is 0. The number of anilines is 1. The number of nitrogens with one attached hydrogen (secondary N) is 2. The van der Waals surface area contributed by atoms with Crippen LogP contribution in [0.5, 0.6) is 0 Å². The average Bonchev–Trinajstić information content (AvgIpc) is 2.44. The molecule has 0 spiro atoms. The summed E-state index contributed by atoms with van der Waals surface area (Å²) in [5.41, 5.74) is 1.90. The zero-order valence-corrected chi connectivity index (χ0v) is 12.0. The van der Waals surface area contributed by atoms with E-state index in [9.17, 15) is 9.59 Å². The first-order valence-electron chi connectivity index (χ1n) is 6.99. The van der Waals surface area contributed by atoms with Gasteiger partial charge in [0.25, 0.3) is 0 Å². The minimum absolute atomic E-state index is 0.0119. The number of carbonyl (C=O) groups excluding carboxylic acids is 2. The van der Waals surface area contributed by atoms with Crippen LogP contribution in [0.4, 0.5) is 5.69 Å². The normalized spacial score (nSPS) is 19.0. The van der Waals surface area contributed by atoms with E-state index in [0.29, 0.717) is 6.54 Å². The number of rotatable bonds is 4. The summed E-state index contributed by atoms with van der Waals surface area (Å²) >= 11 is 0. The van der Waals surface area contributed by atoms with Crippen molar-refractivity contribution in [2.45, 2.75) is 26.3 Å². The largest absolute Gasteiger partial charge is 0.331 e. The number of piperazine rings is 1. The Bertz CT molecular complexity index is 484. The molecule has 1 heterocycles. The average molecular weight is 275 g/mol. The molecule has 0 radical (unpaired) electrons. The third kappa shape index (κ3) is 3.57. The summed E-state index contributed by atoms with van der Waals surface area (Å²) in [7, 11) is 0. The molecule has 2 rings (SSSR count). The van der Waals surface area contributed by atoms with Crippen LogP contribution in [0.25, 0.3) is 0 Å². The summed E-state index contributed by atoms with van der Waals surface area (Å²) in [5, 5.41) is 5.97. The van der Waals surface area contributed by atoms with E-state index < -0.39 is 0 Å². The molecule has 5 nitrogen and oxygen atoms in total. The van der Waals surface area contributed by atoms with Crippen molar-refractivity contribution in [2.24, 2.45) is 0 Å². The van der Waals surface area contributed by atoms with Gasteiger partial charge in [-0.05, 0) is 25.5 Å². The zero-order valence-electron chi connectivity index (χ0n) is 12.0. The first kappa shape index (κ1) is 14.5. The molecule has 1 aliphatic rings. The standard InChI is InChI=1S/C15H21N3O2/c1-3-13-15(20)18(9-8-16-13)10-14(19)17-12-6-4-11(2)5-7-12/h4-7,13,16H,3,8-10H2,1-2H3,(H,17,19). The molecule has 0 aromatic heterocycles. The lowest BCUT2D eigenvalue weighted by atomic mass is 10.1. The molecule has 1 aliphatic heterocycles. The molecule has 108 valence electrons. The number of hydrogen-bond acceptors (Lipinski definition) is 3. The van der Waals surface area contributed by atoms with Crippen LogP contribution in [0.3, 0.4) is 0 Å². The third-order valence-corrected chi connectivity index (χ3v) is 3.46. The highest BCUT2D eigenvalue weighted by molar-refractivity contribution is 5.95. The first-order valence-corrected chi connectivity index (χ1v) is 6.99. The predicted molar refractivity (Wildman–Crippen MR) is 78.5 cm³/mol. The predicted octanol–water partition coefficient (Wildman–Crippen LogP) is 1.14. The van der Waals surface area contributed by atoms with E-state index in [0.717, 1.165) is 24.2 Å². The van der Waals surface area contributed by atoms with Crippen LogP contribution in [0.2, 0.25) is 0 Å². The fourth-order valence-corrected chi connectivity index (χ4v) is 2.28. The topological polar surface area (TPSA) is 61.4 Å². The van der Waals surface area contributed by atoms with Gasteiger partial charge in [0.1, 0.15) is 0 Å². The van der Waals surface area contributed by atoms with E-state index in [4.69, 9.17) is 0 Å². The SMILES string of the molecule is CCC1NCCN(CC(=O)Nc2ccc(C)cc2)C1=O. The molecular formula is C15H21N3O2. The quantitative estimate of drug-likeness (QED) is 0.866. The Hall–Kier alpha value is -1.88. The van der Waals surface area contributed by atoms with Crippen LogP contribution in [-0.4, -0.2) is 42.4 Å². The molecule has 1 saturated heterocycles. The Morgan fingerprint density at radius 3 is 2.75 bits per heavy atom. The van der Waals surface area contributed by atoms with Crippen molar-refractivity contribution in [2.75, 3.05) is 25.0 Å². The van der Waals surface area contributed by atoms with Gasteiger partial charge in [-0.15, -0.1) is 0 Å². The van der Waals surface area contributed by atoms with Gasteiger partial charge in [0.2, 0.25) is 11.8 Å². The van der Waals surface area contributed by atoms with Gasteiger partial charge in [0.05, 0.1) is 12.6 Å². The van der Waals surface area contributed by atoms with Crippen molar-refractivity contribution >= 4 is 17.5 Å². The molecule has 1 atom stereocenters. The fourth-order valence-electron chi connectivity index (χ4n) is 2.28. The van der Waals surface area contributed by atoms with Crippen molar-refractivity contribution in [1.29, 1.82) is 0 Å². The van der Waals surface area contributed by atoms with E-state index in [-0.39, 0.29) is 24.4 Å². The maximum atomic E-state index is 12.1. The van der Waals surface area contributed by atoms with Gasteiger partial charge in [0, 0.05) is 18.8 Å². The van der Waals surface area contributed by atoms with Crippen molar-refractivity contribution in [3.63, 3.8) is 0 Å². The van der Waals surface area contributed by atoms with Gasteiger partial charge in [-0.3, -0.25) is 9.59 Å². The molecule has 0 aliphatic carbocycles. The van der Waals surface area contributed by atoms with Gasteiger partial charge < -0.3 is 15.5 Å². The minimum Gasteiger partial charge on any atom is -0.331 e. The molecule has 20 heavy (non-hydrogen) atoms. The molecule has 1 unspecified atom stereocenters. The summed E-state index contributed by atoms with van der Waals surface area (Å²) in [6.45, 7) is 5.39. The molecule has 1 fully saturated rings. The maximum Gasteiger partial charge on any atom is 0.243 e. The molecule has 0 saturated carbocycles. The highest BCUT2D eigenvalue weighted by Crippen LogP contribution is 2.09. The van der Waals surface area contributed by atoms with Crippen molar-refractivity contribution in [3.05, 3.63) is 29.8 Å². The lowest BCUT2D eigenvalue weighted by molar-refractivity contribution is -0.138. The van der Waals surface area contributed by atoms with E-state index in [1.165, 1.54) is 0 Å². The van der Waals surface area contributed by atoms with Crippen LogP contribution >= 0.6 is 0 Å². The number of hydrogen-bond donors (Lipinski definition) is 2. The van der Waals surface area contributed by atoms with Crippen molar-refractivity contribution in [3.8, 4) is 0 Å². The Balaban J connectivity index is 1.90. The number of nitrogens with zero attached hydrogens (tertiary/aromatic N) is 1. The minimum atomic E-state index is -0.157. The Morgan fingerprint density at radius 1 is 1.40 bits per heavy atom. The molecule has 1 aromatic carbocycles. The summed E-state index contributed by atoms with van der Waals surface area (Å²) in [6.07, 6.45) is 0.745. The third-order valence-electron chi connectivity index (χ3n) is 3.46. The van der Waals surface area contributed by atoms with Gasteiger partial charge in [0.15, 0.2) is 0 Å². The van der Waals surface area contributed by atoms with Gasteiger partial charge >= 0.3 is 0 Å². The van der Waals surface area contributed by atoms with Crippen LogP contribution in [0, 0.1) is 6.92 Å². The van der Waals surface area contributed by atoms with E-state index >= 15 is 0 Å². The molecule has 2 amide bonds. The maximum absolute atomic E-state index is 12.1. The number of carbonyl (C=O) groups is 2. The van der Waals surface area contributed by atoms with Crippen LogP contribution < -0.4 is 10.6 Å². The van der Waals surface area contributed by atoms with Crippen molar-refractivity contribution in [1.82, 2.24) is 10.2 Å². The van der Waals surface area contributed by atoms with Gasteiger partial charge in [-0.25, -0.2) is 0 Å². The fraction of sp³-hybridized carbons (Fsp3) is 0.467. The molecule has 2 N–H and O–H groups in total. The highest BCUT2D eigenvalue weighted by Gasteiger charge is 2.27. The van der Waals surface area contributed by atoms with Crippen LogP contribution in [0.15, 0.2) is 24.3 Å². The molecular weight excluding hydrogens is 254 g/mol. The number of aryl methyl sites for hydroxylation is 1. The lowest BCUT2D eigenvalue weighted by Gasteiger charge is -2.32. The summed E-state index contributed by atoms with van der Waals surface area (Å²) in [5.74, 6) is -0.142. The second-order valence-electron chi connectivity index (χ2n) is 5.09. The smallest absolute Gasteiger partial charge is 0.243 e. The van der Waals surface area contributed by atoms with Gasteiger partial charge in [-0.2, -0.15) is 0 Å². The van der Waals surface area contributed by atoms with Crippen LogP contribution in [-0.2, 0) is 9.59 Å². The van der Waals surface area contributed by atoms with E-state index in [1.807, 2.05) is 38.1 Å². The summed E-state index contributed by atoms with van der Waals surface area (Å²) in [6, 6.07) is 7.46. The lowest BCUT2D eigenvalue weighted by Crippen LogP contribution is -2.56. The highest BCUT2D eigenvalue weighted by atomic mass is 16.2. The Kier molecular flexibility index (Phi) is 4.74. The molecule has 5 heteroatoms. The number of benzene rings is 1. The van der Waals surface area contributed by atoms with Gasteiger partial charge in [-0.1, -0.05) is 24.6 Å². The zero-order chi connectivity index (χ0) is 14.5. The van der Waals surface area contributed by atoms with E-state index in [2.05, 4.69) is 10.6 Å². The van der Waals surface area contributed by atoms with E-state index in [1.54, 1.807) is 4.90 Å². The first-order chi connectivity index (χ1) is 9.60. The second kappa shape index (κ2) is 6.52.